The fraction of sp³-hybridized carbons (Fsp3) is 0.565. The summed E-state index contributed by atoms with van der Waals surface area (Å²) in [6, 6.07) is 4.83. The number of methoxy groups -OCH3 is 1. The lowest BCUT2D eigenvalue weighted by Gasteiger charge is -2.26. The fourth-order valence-electron chi connectivity index (χ4n) is 7.05. The van der Waals surface area contributed by atoms with Crippen LogP contribution in [0.3, 0.4) is 0 Å². The number of rotatable bonds is 16. The van der Waals surface area contributed by atoms with Gasteiger partial charge in [-0.05, 0) is 123 Å². The van der Waals surface area contributed by atoms with E-state index in [0.29, 0.717) is 34.4 Å². The van der Waals surface area contributed by atoms with Gasteiger partial charge in [-0.15, -0.1) is 0 Å². The molecule has 6 amide bonds. The van der Waals surface area contributed by atoms with Crippen molar-refractivity contribution in [2.24, 2.45) is 10.7 Å². The van der Waals surface area contributed by atoms with Crippen molar-refractivity contribution in [1.29, 1.82) is 0 Å². The Bertz CT molecular complexity index is 2280. The number of ether oxygens (including phenoxy) is 3. The predicted molar refractivity (Wildman–Crippen MR) is 253 cm³/mol. The van der Waals surface area contributed by atoms with E-state index in [0.717, 1.165) is 0 Å². The summed E-state index contributed by atoms with van der Waals surface area (Å²) < 4.78 is 45.2. The Morgan fingerprint density at radius 1 is 0.765 bits per heavy atom. The summed E-state index contributed by atoms with van der Waals surface area (Å²) in [4.78, 5) is 98.8. The largest absolute Gasteiger partial charge is 0.496 e. The van der Waals surface area contributed by atoms with E-state index in [4.69, 9.17) is 19.9 Å². The van der Waals surface area contributed by atoms with Gasteiger partial charge in [0.15, 0.2) is 0 Å². The van der Waals surface area contributed by atoms with E-state index in [1.807, 2.05) is 0 Å². The van der Waals surface area contributed by atoms with Crippen LogP contribution in [-0.4, -0.2) is 118 Å². The van der Waals surface area contributed by atoms with E-state index < -0.39 is 106 Å². The lowest BCUT2D eigenvalue weighted by Crippen LogP contribution is -2.58. The van der Waals surface area contributed by atoms with E-state index in [-0.39, 0.29) is 50.1 Å². The van der Waals surface area contributed by atoms with Gasteiger partial charge >= 0.3 is 12.1 Å². The van der Waals surface area contributed by atoms with Crippen molar-refractivity contribution in [1.82, 2.24) is 36.6 Å². The number of nitrogens with two attached hydrogens (primary N) is 1. The molecule has 1 saturated heterocycles. The predicted octanol–water partition coefficient (Wildman–Crippen LogP) is 1.73. The molecule has 22 heteroatoms. The molecule has 0 spiro atoms. The monoisotopic (exact) mass is 971 g/mol. The summed E-state index contributed by atoms with van der Waals surface area (Å²) in [6.45, 7) is 14.4. The molecule has 0 saturated carbocycles. The first-order chi connectivity index (χ1) is 31.7. The average molecular weight is 972 g/mol. The maximum absolute atomic E-state index is 14.2. The molecule has 2 aromatic rings. The van der Waals surface area contributed by atoms with Crippen LogP contribution >= 0.6 is 0 Å². The lowest BCUT2D eigenvalue weighted by atomic mass is 10.0. The highest BCUT2D eigenvalue weighted by Crippen LogP contribution is 2.30. The molecule has 0 radical (unpaired) electrons. The maximum atomic E-state index is 14.2. The molecule has 21 nitrogen and oxygen atoms in total. The number of carbonyl (C=O) groups excluding carboxylic acids is 7. The number of nitrogens with one attached hydrogen (secondary N) is 7. The molecule has 3 rings (SSSR count). The molecule has 0 aliphatic carbocycles. The van der Waals surface area contributed by atoms with E-state index in [9.17, 15) is 42.0 Å². The first kappa shape index (κ1) is 55.9. The number of sulfonamides is 1. The Hall–Kier alpha value is -6.45. The van der Waals surface area contributed by atoms with Crippen LogP contribution in [0.25, 0.3) is 0 Å². The van der Waals surface area contributed by atoms with Gasteiger partial charge in [0.05, 0.1) is 25.0 Å². The number of alkyl carbamates (subject to hydrolysis) is 1. The molecular weight excluding hydrogens is 903 g/mol. The summed E-state index contributed by atoms with van der Waals surface area (Å²) in [5, 5.41) is 15.6. The van der Waals surface area contributed by atoms with Crippen LogP contribution in [0, 0.1) is 20.8 Å². The number of guanidine groups is 1. The number of esters is 1. The minimum absolute atomic E-state index is 0.0106. The van der Waals surface area contributed by atoms with Crippen molar-refractivity contribution in [3.63, 3.8) is 0 Å². The molecule has 68 heavy (non-hydrogen) atoms. The zero-order valence-corrected chi connectivity index (χ0v) is 41.5. The number of hydrogen-bond acceptors (Lipinski definition) is 13. The average Bonchev–Trinajstić information content (AvgIpc) is 3.22. The molecule has 4 atom stereocenters. The highest BCUT2D eigenvalue weighted by Gasteiger charge is 2.34. The van der Waals surface area contributed by atoms with Gasteiger partial charge in [0.25, 0.3) is 10.0 Å². The molecular formula is C46H69N9O12S. The Kier molecular flexibility index (Phi) is 20.6. The number of aryl methyl sites for hydroxylation is 1. The Morgan fingerprint density at radius 2 is 1.34 bits per heavy atom. The number of benzene rings is 2. The fourth-order valence-corrected chi connectivity index (χ4v) is 8.53. The van der Waals surface area contributed by atoms with Crippen molar-refractivity contribution in [2.75, 3.05) is 26.7 Å². The summed E-state index contributed by atoms with van der Waals surface area (Å²) >= 11 is 0. The van der Waals surface area contributed by atoms with Crippen molar-refractivity contribution in [3.8, 4) is 5.75 Å². The molecule has 9 N–H and O–H groups in total. The molecule has 376 valence electrons. The molecule has 0 aromatic heterocycles. The van der Waals surface area contributed by atoms with Gasteiger partial charge in [0.2, 0.25) is 35.5 Å². The van der Waals surface area contributed by atoms with Crippen molar-refractivity contribution in [3.05, 3.63) is 58.7 Å². The van der Waals surface area contributed by atoms with E-state index in [1.165, 1.54) is 7.11 Å². The van der Waals surface area contributed by atoms with Gasteiger partial charge < -0.3 is 51.8 Å². The van der Waals surface area contributed by atoms with Crippen LogP contribution in [-0.2, 0) is 54.7 Å². The van der Waals surface area contributed by atoms with Gasteiger partial charge in [0.1, 0.15) is 41.1 Å². The Balaban J connectivity index is 1.94. The first-order valence-electron chi connectivity index (χ1n) is 22.4. The molecule has 1 aliphatic heterocycles. The van der Waals surface area contributed by atoms with Crippen molar-refractivity contribution >= 4 is 57.6 Å². The van der Waals surface area contributed by atoms with Crippen LogP contribution < -0.4 is 47.1 Å². The summed E-state index contributed by atoms with van der Waals surface area (Å²) in [5.74, 6) is -4.88. The number of nitrogens with zero attached hydrogens (tertiary/aromatic N) is 1. The smallest absolute Gasteiger partial charge is 0.407 e. The van der Waals surface area contributed by atoms with Gasteiger partial charge in [-0.3, -0.25) is 33.8 Å². The van der Waals surface area contributed by atoms with Crippen molar-refractivity contribution in [2.45, 2.75) is 148 Å². The number of unbranched alkanes of at least 4 members (excludes halogenated alkanes) is 1. The molecule has 1 heterocycles. The van der Waals surface area contributed by atoms with Gasteiger partial charge in [-0.1, -0.05) is 30.3 Å². The normalized spacial score (nSPS) is 19.1. The standard InChI is InChI=1S/C46H69N9O12S/c1-27-23-35(65-10)28(2)29(3)38(27)68(63,64)55-43(47)48-22-16-20-31-39(58)50-26-36(56)51-34(25-37(57)66-45(4,5)6)42(61)54-33(24-30-17-12-11-13-18-30)41(60)53-32(40(59)52-31)19-14-15-21-49-44(62)67-46(7,8)9/h11-13,17-18,23,31-34H,14-16,19-22,24-26H2,1-10H3,(H,49,62)(H,50,58)(H,51,56)(H,52,59)(H,53,60)(H,54,61)(H3,47,48,55)/t31-,32-,33+,34-/m0/s1. The van der Waals surface area contributed by atoms with Crippen LogP contribution in [0.4, 0.5) is 4.79 Å². The highest BCUT2D eigenvalue weighted by atomic mass is 32.2. The zero-order valence-electron chi connectivity index (χ0n) is 40.7. The third-order valence-electron chi connectivity index (χ3n) is 10.3. The molecule has 2 aromatic carbocycles. The van der Waals surface area contributed by atoms with Crippen LogP contribution in [0.1, 0.15) is 102 Å². The SMILES string of the molecule is COc1cc(C)c(S(=O)(=O)NC(N)=NCCC[C@@H]2NC(=O)[C@H](CCCCNC(=O)OC(C)(C)C)NC(=O)[C@@H](Cc3ccccc3)NC(=O)[C@H](CC(=O)OC(C)(C)C)NC(=O)CNC2=O)c(C)c1C. The zero-order chi connectivity index (χ0) is 51.0. The van der Waals surface area contributed by atoms with E-state index in [2.05, 4.69) is 41.6 Å². The summed E-state index contributed by atoms with van der Waals surface area (Å²) in [5.41, 5.74) is 6.51. The Labute approximate surface area is 398 Å². The van der Waals surface area contributed by atoms with Gasteiger partial charge in [-0.2, -0.15) is 0 Å². The van der Waals surface area contributed by atoms with Crippen LogP contribution in [0.15, 0.2) is 46.3 Å². The number of hydrogen-bond donors (Lipinski definition) is 8. The third kappa shape index (κ3) is 18.7. The summed E-state index contributed by atoms with van der Waals surface area (Å²) in [6.07, 6.45) is -0.686. The second-order valence-corrected chi connectivity index (χ2v) is 20.0. The van der Waals surface area contributed by atoms with Gasteiger partial charge in [0, 0.05) is 19.5 Å². The Morgan fingerprint density at radius 3 is 1.96 bits per heavy atom. The second kappa shape index (κ2) is 25.1. The van der Waals surface area contributed by atoms with Crippen molar-refractivity contribution < 1.29 is 56.2 Å². The molecule has 1 fully saturated rings. The summed E-state index contributed by atoms with van der Waals surface area (Å²) in [7, 11) is -2.71. The van der Waals surface area contributed by atoms with E-state index in [1.54, 1.807) is 98.7 Å². The maximum Gasteiger partial charge on any atom is 0.407 e. The second-order valence-electron chi connectivity index (χ2n) is 18.4. The first-order valence-corrected chi connectivity index (χ1v) is 23.9. The minimum Gasteiger partial charge on any atom is -0.496 e. The number of aliphatic imine (C=N–C) groups is 1. The third-order valence-corrected chi connectivity index (χ3v) is 11.9. The lowest BCUT2D eigenvalue weighted by molar-refractivity contribution is -0.156. The highest BCUT2D eigenvalue weighted by molar-refractivity contribution is 7.90. The minimum atomic E-state index is -4.19. The van der Waals surface area contributed by atoms with Gasteiger partial charge in [-0.25, -0.2) is 17.9 Å². The molecule has 0 unspecified atom stereocenters. The van der Waals surface area contributed by atoms with E-state index >= 15 is 0 Å². The van der Waals surface area contributed by atoms with Crippen LogP contribution in [0.2, 0.25) is 0 Å². The van der Waals surface area contributed by atoms with Crippen LogP contribution in [0.5, 0.6) is 5.75 Å². The topological polar surface area (TPSA) is 304 Å². The molecule has 1 aliphatic rings. The molecule has 0 bridgehead atoms. The number of amides is 6. The number of carbonyl (C=O) groups is 7. The quantitative estimate of drug-likeness (QED) is 0.0515.